The van der Waals surface area contributed by atoms with E-state index in [4.69, 9.17) is 5.11 Å². The maximum atomic E-state index is 9.56. The van der Waals surface area contributed by atoms with E-state index < -0.39 is 5.60 Å². The highest BCUT2D eigenvalue weighted by Crippen LogP contribution is 2.11. The summed E-state index contributed by atoms with van der Waals surface area (Å²) in [6, 6.07) is 0. The van der Waals surface area contributed by atoms with Crippen LogP contribution in [-0.2, 0) is 0 Å². The van der Waals surface area contributed by atoms with Gasteiger partial charge in [-0.1, -0.05) is 26.0 Å². The van der Waals surface area contributed by atoms with Crippen molar-refractivity contribution in [3.63, 3.8) is 0 Å². The Bertz CT molecular complexity index is 139. The molecule has 0 spiro atoms. The Morgan fingerprint density at radius 1 is 1.50 bits per heavy atom. The molecule has 2 nitrogen and oxygen atoms in total. The minimum atomic E-state index is -0.685. The Kier molecular flexibility index (Phi) is 5.18. The average Bonchev–Trinajstić information content (AvgIpc) is 2.04. The van der Waals surface area contributed by atoms with Crippen LogP contribution in [0.2, 0.25) is 0 Å². The SMILES string of the molecule is CCC(C)(O)C=CCC(C)CO. The number of aliphatic hydroxyl groups is 2. The molecule has 0 aliphatic heterocycles. The summed E-state index contributed by atoms with van der Waals surface area (Å²) in [5.74, 6) is 0.286. The maximum Gasteiger partial charge on any atom is 0.0797 e. The Morgan fingerprint density at radius 3 is 2.50 bits per heavy atom. The molecule has 0 amide bonds. The molecule has 2 atom stereocenters. The van der Waals surface area contributed by atoms with Gasteiger partial charge in [0.05, 0.1) is 5.60 Å². The lowest BCUT2D eigenvalue weighted by Gasteiger charge is -2.15. The molecule has 12 heavy (non-hydrogen) atoms. The second kappa shape index (κ2) is 5.33. The van der Waals surface area contributed by atoms with Gasteiger partial charge in [-0.2, -0.15) is 0 Å². The Hall–Kier alpha value is -0.340. The van der Waals surface area contributed by atoms with E-state index in [0.29, 0.717) is 0 Å². The minimum Gasteiger partial charge on any atom is -0.396 e. The smallest absolute Gasteiger partial charge is 0.0797 e. The van der Waals surface area contributed by atoms with Gasteiger partial charge in [-0.25, -0.2) is 0 Å². The highest BCUT2D eigenvalue weighted by Gasteiger charge is 2.11. The highest BCUT2D eigenvalue weighted by molar-refractivity contribution is 4.97. The van der Waals surface area contributed by atoms with Gasteiger partial charge in [0.2, 0.25) is 0 Å². The van der Waals surface area contributed by atoms with E-state index in [1.807, 2.05) is 19.9 Å². The summed E-state index contributed by atoms with van der Waals surface area (Å²) >= 11 is 0. The van der Waals surface area contributed by atoms with Gasteiger partial charge in [0.15, 0.2) is 0 Å². The number of allylic oxidation sites excluding steroid dienone is 1. The predicted molar refractivity (Wildman–Crippen MR) is 50.9 cm³/mol. The van der Waals surface area contributed by atoms with Gasteiger partial charge in [-0.05, 0) is 25.7 Å². The molecular formula is C10H20O2. The zero-order chi connectivity index (χ0) is 9.61. The summed E-state index contributed by atoms with van der Waals surface area (Å²) in [5, 5.41) is 18.3. The van der Waals surface area contributed by atoms with Crippen molar-refractivity contribution in [2.24, 2.45) is 5.92 Å². The first-order valence-corrected chi connectivity index (χ1v) is 4.52. The van der Waals surface area contributed by atoms with Crippen molar-refractivity contribution in [1.82, 2.24) is 0 Å². The first-order valence-electron chi connectivity index (χ1n) is 4.52. The molecule has 0 radical (unpaired) electrons. The lowest BCUT2D eigenvalue weighted by molar-refractivity contribution is 0.107. The zero-order valence-electron chi connectivity index (χ0n) is 8.25. The van der Waals surface area contributed by atoms with Gasteiger partial charge in [-0.3, -0.25) is 0 Å². The third-order valence-corrected chi connectivity index (χ3v) is 2.04. The largest absolute Gasteiger partial charge is 0.396 e. The third-order valence-electron chi connectivity index (χ3n) is 2.04. The summed E-state index contributed by atoms with van der Waals surface area (Å²) in [7, 11) is 0. The van der Waals surface area contributed by atoms with Crippen LogP contribution in [0.5, 0.6) is 0 Å². The maximum absolute atomic E-state index is 9.56. The van der Waals surface area contributed by atoms with E-state index in [-0.39, 0.29) is 12.5 Å². The van der Waals surface area contributed by atoms with Crippen LogP contribution < -0.4 is 0 Å². The summed E-state index contributed by atoms with van der Waals surface area (Å²) in [6.07, 6.45) is 5.28. The lowest BCUT2D eigenvalue weighted by Crippen LogP contribution is -2.18. The molecule has 2 heteroatoms. The summed E-state index contributed by atoms with van der Waals surface area (Å²) in [6.45, 7) is 5.91. The van der Waals surface area contributed by atoms with Crippen LogP contribution in [0.3, 0.4) is 0 Å². The monoisotopic (exact) mass is 172 g/mol. The van der Waals surface area contributed by atoms with Crippen molar-refractivity contribution < 1.29 is 10.2 Å². The second-order valence-electron chi connectivity index (χ2n) is 3.64. The van der Waals surface area contributed by atoms with Crippen LogP contribution in [0.4, 0.5) is 0 Å². The molecule has 2 N–H and O–H groups in total. The van der Waals surface area contributed by atoms with E-state index >= 15 is 0 Å². The van der Waals surface area contributed by atoms with Crippen molar-refractivity contribution in [2.75, 3.05) is 6.61 Å². The Morgan fingerprint density at radius 2 is 2.08 bits per heavy atom. The van der Waals surface area contributed by atoms with E-state index in [0.717, 1.165) is 12.8 Å². The number of hydrogen-bond donors (Lipinski definition) is 2. The Balaban J connectivity index is 3.75. The van der Waals surface area contributed by atoms with Gasteiger partial charge >= 0.3 is 0 Å². The van der Waals surface area contributed by atoms with Gasteiger partial charge in [-0.15, -0.1) is 0 Å². The molecule has 0 saturated heterocycles. The molecule has 0 rings (SSSR count). The summed E-state index contributed by atoms with van der Waals surface area (Å²) in [4.78, 5) is 0. The van der Waals surface area contributed by atoms with Crippen molar-refractivity contribution in [3.8, 4) is 0 Å². The standard InChI is InChI=1S/C10H20O2/c1-4-10(3,12)7-5-6-9(2)8-11/h5,7,9,11-12H,4,6,8H2,1-3H3. The van der Waals surface area contributed by atoms with Crippen LogP contribution >= 0.6 is 0 Å². The van der Waals surface area contributed by atoms with Crippen molar-refractivity contribution in [3.05, 3.63) is 12.2 Å². The molecule has 72 valence electrons. The number of rotatable bonds is 5. The van der Waals surface area contributed by atoms with Crippen LogP contribution in [-0.4, -0.2) is 22.4 Å². The Labute approximate surface area is 74.9 Å². The molecule has 0 aromatic carbocycles. The average molecular weight is 172 g/mol. The predicted octanol–water partition coefficient (Wildman–Crippen LogP) is 1.72. The topological polar surface area (TPSA) is 40.5 Å². The fourth-order valence-electron chi connectivity index (χ4n) is 0.747. The zero-order valence-corrected chi connectivity index (χ0v) is 8.25. The van der Waals surface area contributed by atoms with Crippen molar-refractivity contribution >= 4 is 0 Å². The molecule has 0 aliphatic rings. The number of aliphatic hydroxyl groups excluding tert-OH is 1. The summed E-state index contributed by atoms with van der Waals surface area (Å²) in [5.41, 5.74) is -0.685. The fraction of sp³-hybridized carbons (Fsp3) is 0.800. The van der Waals surface area contributed by atoms with Crippen LogP contribution in [0.15, 0.2) is 12.2 Å². The first kappa shape index (κ1) is 11.7. The molecule has 2 unspecified atom stereocenters. The van der Waals surface area contributed by atoms with E-state index in [1.54, 1.807) is 13.0 Å². The molecule has 0 saturated carbocycles. The van der Waals surface area contributed by atoms with Crippen LogP contribution in [0.25, 0.3) is 0 Å². The molecule has 0 bridgehead atoms. The normalized spacial score (nSPS) is 19.4. The lowest BCUT2D eigenvalue weighted by atomic mass is 10.0. The van der Waals surface area contributed by atoms with Crippen molar-refractivity contribution in [2.45, 2.75) is 39.2 Å². The molecular weight excluding hydrogens is 152 g/mol. The first-order chi connectivity index (χ1) is 5.52. The molecule has 0 aromatic heterocycles. The minimum absolute atomic E-state index is 0.207. The van der Waals surface area contributed by atoms with Gasteiger partial charge in [0.1, 0.15) is 0 Å². The highest BCUT2D eigenvalue weighted by atomic mass is 16.3. The quantitative estimate of drug-likeness (QED) is 0.620. The van der Waals surface area contributed by atoms with Gasteiger partial charge in [0.25, 0.3) is 0 Å². The van der Waals surface area contributed by atoms with Gasteiger partial charge < -0.3 is 10.2 Å². The number of hydrogen-bond acceptors (Lipinski definition) is 2. The molecule has 0 heterocycles. The van der Waals surface area contributed by atoms with E-state index in [2.05, 4.69) is 0 Å². The molecule has 0 aliphatic carbocycles. The third kappa shape index (κ3) is 5.33. The summed E-state index contributed by atoms with van der Waals surface area (Å²) < 4.78 is 0. The van der Waals surface area contributed by atoms with E-state index in [1.165, 1.54) is 0 Å². The molecule has 0 fully saturated rings. The molecule has 0 aromatic rings. The van der Waals surface area contributed by atoms with Gasteiger partial charge in [0, 0.05) is 6.61 Å². The second-order valence-corrected chi connectivity index (χ2v) is 3.64. The van der Waals surface area contributed by atoms with Crippen LogP contribution in [0.1, 0.15) is 33.6 Å². The van der Waals surface area contributed by atoms with E-state index in [9.17, 15) is 5.11 Å². The van der Waals surface area contributed by atoms with Crippen molar-refractivity contribution in [1.29, 1.82) is 0 Å². The fourth-order valence-corrected chi connectivity index (χ4v) is 0.747. The van der Waals surface area contributed by atoms with Crippen LogP contribution in [0, 0.1) is 5.92 Å².